The highest BCUT2D eigenvalue weighted by Gasteiger charge is 2.24. The molecular weight excluding hydrogens is 229 g/mol. The first kappa shape index (κ1) is 12.8. The molecule has 1 aliphatic heterocycles. The van der Waals surface area contributed by atoms with Gasteiger partial charge < -0.3 is 10.2 Å². The summed E-state index contributed by atoms with van der Waals surface area (Å²) in [6.07, 6.45) is 1.01. The second-order valence-electron chi connectivity index (χ2n) is 5.05. The van der Waals surface area contributed by atoms with Gasteiger partial charge in [-0.1, -0.05) is 13.0 Å². The summed E-state index contributed by atoms with van der Waals surface area (Å²) in [5.74, 6) is 0.0293. The molecule has 1 aromatic carbocycles. The van der Waals surface area contributed by atoms with E-state index in [-0.39, 0.29) is 5.56 Å². The Bertz CT molecular complexity index is 467. The lowest BCUT2D eigenvalue weighted by Gasteiger charge is -2.35. The number of anilines is 1. The molecule has 0 aromatic heterocycles. The van der Waals surface area contributed by atoms with Crippen molar-refractivity contribution in [3.63, 3.8) is 0 Å². The number of piperidine rings is 1. The molecule has 1 heterocycles. The fraction of sp³-hybridized carbons (Fsp3) is 0.500. The van der Waals surface area contributed by atoms with Crippen LogP contribution in [0.25, 0.3) is 0 Å². The molecule has 0 aliphatic carbocycles. The summed E-state index contributed by atoms with van der Waals surface area (Å²) in [5.41, 5.74) is 0.725. The molecule has 1 saturated heterocycles. The molecule has 0 radical (unpaired) electrons. The van der Waals surface area contributed by atoms with E-state index < -0.39 is 5.82 Å². The van der Waals surface area contributed by atoms with Crippen molar-refractivity contribution < 1.29 is 4.39 Å². The standard InChI is InChI=1S/C14H18FN3/c1-10-9-18(2)7-6-13(10)17-14-5-3-4-12(15)11(14)8-16/h3-5,10,13,17H,6-7,9H2,1-2H3. The quantitative estimate of drug-likeness (QED) is 0.872. The Kier molecular flexibility index (Phi) is 3.83. The van der Waals surface area contributed by atoms with Gasteiger partial charge in [0, 0.05) is 12.6 Å². The van der Waals surface area contributed by atoms with Crippen LogP contribution in [-0.2, 0) is 0 Å². The van der Waals surface area contributed by atoms with E-state index in [1.54, 1.807) is 12.1 Å². The van der Waals surface area contributed by atoms with Crippen LogP contribution in [0.15, 0.2) is 18.2 Å². The van der Waals surface area contributed by atoms with Crippen molar-refractivity contribution in [2.24, 2.45) is 5.92 Å². The number of likely N-dealkylation sites (tertiary alicyclic amines) is 1. The van der Waals surface area contributed by atoms with Gasteiger partial charge in [-0.2, -0.15) is 5.26 Å². The molecule has 1 aromatic rings. The highest BCUT2D eigenvalue weighted by atomic mass is 19.1. The molecule has 3 nitrogen and oxygen atoms in total. The third-order valence-corrected chi connectivity index (χ3v) is 3.57. The minimum absolute atomic E-state index is 0.114. The topological polar surface area (TPSA) is 39.1 Å². The van der Waals surface area contributed by atoms with Gasteiger partial charge in [0.05, 0.1) is 5.69 Å². The normalized spacial score (nSPS) is 24.6. The van der Waals surface area contributed by atoms with E-state index in [0.717, 1.165) is 19.5 Å². The molecule has 0 bridgehead atoms. The number of nitrogens with zero attached hydrogens (tertiary/aromatic N) is 2. The van der Waals surface area contributed by atoms with Gasteiger partial charge in [-0.05, 0) is 38.1 Å². The second kappa shape index (κ2) is 5.36. The summed E-state index contributed by atoms with van der Waals surface area (Å²) < 4.78 is 13.5. The zero-order valence-corrected chi connectivity index (χ0v) is 10.8. The Labute approximate surface area is 107 Å². The van der Waals surface area contributed by atoms with E-state index >= 15 is 0 Å². The third-order valence-electron chi connectivity index (χ3n) is 3.57. The fourth-order valence-corrected chi connectivity index (χ4v) is 2.53. The van der Waals surface area contributed by atoms with Crippen LogP contribution in [0.2, 0.25) is 0 Å². The van der Waals surface area contributed by atoms with Crippen LogP contribution in [0.1, 0.15) is 18.9 Å². The summed E-state index contributed by atoms with van der Waals surface area (Å²) in [6.45, 7) is 4.23. The highest BCUT2D eigenvalue weighted by Crippen LogP contribution is 2.24. The van der Waals surface area contributed by atoms with Crippen molar-refractivity contribution in [1.29, 1.82) is 5.26 Å². The summed E-state index contributed by atoms with van der Waals surface area (Å²) in [6, 6.07) is 6.96. The summed E-state index contributed by atoms with van der Waals surface area (Å²) in [4.78, 5) is 2.29. The average molecular weight is 247 g/mol. The molecule has 18 heavy (non-hydrogen) atoms. The maximum atomic E-state index is 13.5. The van der Waals surface area contributed by atoms with Crippen LogP contribution in [0.4, 0.5) is 10.1 Å². The Hall–Kier alpha value is -1.60. The Morgan fingerprint density at radius 3 is 2.94 bits per heavy atom. The van der Waals surface area contributed by atoms with Gasteiger partial charge in [0.2, 0.25) is 0 Å². The van der Waals surface area contributed by atoms with E-state index in [1.807, 2.05) is 6.07 Å². The van der Waals surface area contributed by atoms with E-state index in [0.29, 0.717) is 17.6 Å². The monoisotopic (exact) mass is 247 g/mol. The lowest BCUT2D eigenvalue weighted by molar-refractivity contribution is 0.206. The maximum Gasteiger partial charge on any atom is 0.143 e. The minimum Gasteiger partial charge on any atom is -0.381 e. The molecule has 96 valence electrons. The van der Waals surface area contributed by atoms with E-state index in [4.69, 9.17) is 5.26 Å². The Balaban J connectivity index is 2.15. The molecule has 0 amide bonds. The molecule has 2 rings (SSSR count). The van der Waals surface area contributed by atoms with Crippen LogP contribution in [0, 0.1) is 23.1 Å². The zero-order valence-electron chi connectivity index (χ0n) is 10.8. The van der Waals surface area contributed by atoms with Gasteiger partial charge in [-0.25, -0.2) is 4.39 Å². The van der Waals surface area contributed by atoms with E-state index in [1.165, 1.54) is 6.07 Å². The van der Waals surface area contributed by atoms with Crippen molar-refractivity contribution in [3.8, 4) is 6.07 Å². The third kappa shape index (κ3) is 2.62. The summed E-state index contributed by atoms with van der Waals surface area (Å²) >= 11 is 0. The van der Waals surface area contributed by atoms with Gasteiger partial charge in [0.25, 0.3) is 0 Å². The maximum absolute atomic E-state index is 13.5. The Morgan fingerprint density at radius 1 is 1.50 bits per heavy atom. The van der Waals surface area contributed by atoms with Crippen LogP contribution in [0.3, 0.4) is 0 Å². The molecule has 0 spiro atoms. The smallest absolute Gasteiger partial charge is 0.143 e. The zero-order chi connectivity index (χ0) is 13.1. The van der Waals surface area contributed by atoms with Crippen molar-refractivity contribution in [2.75, 3.05) is 25.5 Å². The molecule has 1 N–H and O–H groups in total. The van der Waals surface area contributed by atoms with E-state index in [9.17, 15) is 4.39 Å². The van der Waals surface area contributed by atoms with Gasteiger partial charge >= 0.3 is 0 Å². The minimum atomic E-state index is -0.455. The number of nitrogens with one attached hydrogen (secondary N) is 1. The number of nitriles is 1. The highest BCUT2D eigenvalue weighted by molar-refractivity contribution is 5.58. The van der Waals surface area contributed by atoms with Crippen LogP contribution in [-0.4, -0.2) is 31.1 Å². The molecule has 1 aliphatic rings. The SMILES string of the molecule is CC1CN(C)CCC1Nc1cccc(F)c1C#N. The molecule has 4 heteroatoms. The average Bonchev–Trinajstić information content (AvgIpc) is 2.33. The molecular formula is C14H18FN3. The van der Waals surface area contributed by atoms with Crippen molar-refractivity contribution in [1.82, 2.24) is 4.90 Å². The van der Waals surface area contributed by atoms with Gasteiger partial charge in [-0.15, -0.1) is 0 Å². The summed E-state index contributed by atoms with van der Waals surface area (Å²) in [5, 5.41) is 12.3. The second-order valence-corrected chi connectivity index (χ2v) is 5.05. The number of benzene rings is 1. The summed E-state index contributed by atoms with van der Waals surface area (Å²) in [7, 11) is 2.11. The van der Waals surface area contributed by atoms with Gasteiger partial charge in [-0.3, -0.25) is 0 Å². The van der Waals surface area contributed by atoms with Crippen molar-refractivity contribution >= 4 is 5.69 Å². The number of hydrogen-bond acceptors (Lipinski definition) is 3. The molecule has 2 atom stereocenters. The molecule has 2 unspecified atom stereocenters. The largest absolute Gasteiger partial charge is 0.381 e. The molecule has 0 saturated carbocycles. The lowest BCUT2D eigenvalue weighted by atomic mass is 9.93. The first-order chi connectivity index (χ1) is 8.61. The van der Waals surface area contributed by atoms with Crippen molar-refractivity contribution in [2.45, 2.75) is 19.4 Å². The first-order valence-corrected chi connectivity index (χ1v) is 6.25. The number of hydrogen-bond donors (Lipinski definition) is 1. The van der Waals surface area contributed by atoms with Crippen molar-refractivity contribution in [3.05, 3.63) is 29.6 Å². The van der Waals surface area contributed by atoms with Gasteiger partial charge in [0.15, 0.2) is 0 Å². The van der Waals surface area contributed by atoms with Crippen LogP contribution >= 0.6 is 0 Å². The lowest BCUT2D eigenvalue weighted by Crippen LogP contribution is -2.43. The number of halogens is 1. The first-order valence-electron chi connectivity index (χ1n) is 6.25. The van der Waals surface area contributed by atoms with Gasteiger partial charge in [0.1, 0.15) is 17.4 Å². The fourth-order valence-electron chi connectivity index (χ4n) is 2.53. The predicted molar refractivity (Wildman–Crippen MR) is 69.8 cm³/mol. The number of rotatable bonds is 2. The predicted octanol–water partition coefficient (Wildman–Crippen LogP) is 2.45. The Morgan fingerprint density at radius 2 is 2.28 bits per heavy atom. The van der Waals surface area contributed by atoms with Crippen LogP contribution in [0.5, 0.6) is 0 Å². The van der Waals surface area contributed by atoms with E-state index in [2.05, 4.69) is 24.2 Å². The van der Waals surface area contributed by atoms with Crippen LogP contribution < -0.4 is 5.32 Å². The molecule has 1 fully saturated rings.